The number of halogens is 2. The molecular weight excluding hydrogens is 431 g/mol. The first-order valence-electron chi connectivity index (χ1n) is 8.56. The Morgan fingerprint density at radius 1 is 1.03 bits per heavy atom. The third-order valence-corrected chi connectivity index (χ3v) is 4.82. The van der Waals surface area contributed by atoms with Crippen molar-refractivity contribution in [1.29, 1.82) is 0 Å². The zero-order valence-electron chi connectivity index (χ0n) is 16.4. The Hall–Kier alpha value is -2.06. The van der Waals surface area contributed by atoms with Crippen molar-refractivity contribution in [3.8, 4) is 5.75 Å². The van der Waals surface area contributed by atoms with Crippen LogP contribution >= 0.6 is 36.6 Å². The van der Waals surface area contributed by atoms with Crippen LogP contribution in [0.3, 0.4) is 0 Å². The minimum atomic E-state index is -0.221. The van der Waals surface area contributed by atoms with Crippen molar-refractivity contribution in [3.05, 3.63) is 54.1 Å². The van der Waals surface area contributed by atoms with E-state index in [2.05, 4.69) is 20.2 Å². The number of aromatic nitrogens is 2. The van der Waals surface area contributed by atoms with E-state index in [1.807, 2.05) is 32.3 Å². The number of nitrogens with one attached hydrogen (secondary N) is 1. The van der Waals surface area contributed by atoms with E-state index in [4.69, 9.17) is 4.74 Å². The van der Waals surface area contributed by atoms with Crippen molar-refractivity contribution in [2.75, 3.05) is 38.8 Å². The largest absolute Gasteiger partial charge is 0.497 e. The first-order valence-corrected chi connectivity index (χ1v) is 9.54. The Morgan fingerprint density at radius 3 is 2.38 bits per heavy atom. The van der Waals surface area contributed by atoms with Crippen molar-refractivity contribution < 1.29 is 9.53 Å². The van der Waals surface area contributed by atoms with E-state index < -0.39 is 0 Å². The third-order valence-electron chi connectivity index (χ3n) is 3.91. The number of amides is 1. The molecule has 1 aromatic carbocycles. The zero-order chi connectivity index (χ0) is 19.2. The summed E-state index contributed by atoms with van der Waals surface area (Å²) in [4.78, 5) is 23.6. The normalized spacial score (nSPS) is 10.2. The van der Waals surface area contributed by atoms with Gasteiger partial charge in [-0.3, -0.25) is 4.79 Å². The highest BCUT2D eigenvalue weighted by atomic mass is 35.5. The lowest BCUT2D eigenvalue weighted by Crippen LogP contribution is -2.14. The van der Waals surface area contributed by atoms with Crippen LogP contribution in [0.25, 0.3) is 11.0 Å². The topological polar surface area (TPSA) is 67.3 Å². The number of hydrogen-bond donors (Lipinski definition) is 1. The summed E-state index contributed by atoms with van der Waals surface area (Å²) >= 11 is 1.69. The lowest BCUT2D eigenvalue weighted by molar-refractivity contribution is 0.102. The highest BCUT2D eigenvalue weighted by Crippen LogP contribution is 2.21. The van der Waals surface area contributed by atoms with Crippen LogP contribution < -0.4 is 10.1 Å². The molecule has 1 amide bonds. The van der Waals surface area contributed by atoms with Gasteiger partial charge in [0.05, 0.1) is 12.1 Å². The molecule has 0 unspecified atom stereocenters. The van der Waals surface area contributed by atoms with Gasteiger partial charge in [-0.25, -0.2) is 9.97 Å². The van der Waals surface area contributed by atoms with Crippen molar-refractivity contribution in [2.45, 2.75) is 5.03 Å². The van der Waals surface area contributed by atoms with E-state index >= 15 is 0 Å². The number of benzene rings is 1. The molecule has 0 fully saturated rings. The van der Waals surface area contributed by atoms with E-state index in [1.165, 1.54) is 0 Å². The zero-order valence-corrected chi connectivity index (χ0v) is 18.9. The molecule has 0 radical (unpaired) electrons. The summed E-state index contributed by atoms with van der Waals surface area (Å²) in [5.41, 5.74) is 1.16. The molecule has 0 aliphatic rings. The van der Waals surface area contributed by atoms with Crippen LogP contribution in [0.5, 0.6) is 5.75 Å². The quantitative estimate of drug-likeness (QED) is 0.533. The highest BCUT2D eigenvalue weighted by molar-refractivity contribution is 7.99. The van der Waals surface area contributed by atoms with Crippen molar-refractivity contribution in [2.24, 2.45) is 0 Å². The van der Waals surface area contributed by atoms with Gasteiger partial charge < -0.3 is 15.0 Å². The molecule has 156 valence electrons. The second-order valence-electron chi connectivity index (χ2n) is 6.23. The molecule has 0 spiro atoms. The minimum absolute atomic E-state index is 0. The Bertz CT molecular complexity index is 939. The molecule has 0 saturated carbocycles. The maximum Gasteiger partial charge on any atom is 0.256 e. The van der Waals surface area contributed by atoms with E-state index in [0.29, 0.717) is 22.8 Å². The summed E-state index contributed by atoms with van der Waals surface area (Å²) in [7, 11) is 5.69. The number of rotatable bonds is 7. The number of hydrogen-bond acceptors (Lipinski definition) is 6. The number of ether oxygens (including phenoxy) is 1. The second kappa shape index (κ2) is 11.8. The van der Waals surface area contributed by atoms with Gasteiger partial charge in [0.15, 0.2) is 5.65 Å². The average Bonchev–Trinajstić information content (AvgIpc) is 2.67. The van der Waals surface area contributed by atoms with Crippen molar-refractivity contribution in [3.63, 3.8) is 0 Å². The van der Waals surface area contributed by atoms with Crippen LogP contribution in [0.2, 0.25) is 0 Å². The Labute approximate surface area is 187 Å². The number of thioether (sulfide) groups is 1. The summed E-state index contributed by atoms with van der Waals surface area (Å²) in [5, 5.41) is 4.69. The summed E-state index contributed by atoms with van der Waals surface area (Å²) in [5.74, 6) is 1.92. The smallest absolute Gasteiger partial charge is 0.256 e. The van der Waals surface area contributed by atoms with Crippen LogP contribution in [0.15, 0.2) is 53.6 Å². The van der Waals surface area contributed by atoms with Gasteiger partial charge in [-0.15, -0.1) is 36.6 Å². The molecule has 2 heterocycles. The molecule has 2 aromatic heterocycles. The Balaban J connectivity index is 0.00000210. The SMILES string of the molecule is COc1ccc(C(=O)Nc2ccc3ccc(SCCN(C)C)nc3n2)cc1.Cl.Cl. The number of carbonyl (C=O) groups is 1. The molecular formula is C20H24Cl2N4O2S. The maximum absolute atomic E-state index is 12.4. The predicted octanol–water partition coefficient (Wildman–Crippen LogP) is 4.39. The van der Waals surface area contributed by atoms with Gasteiger partial charge in [0, 0.05) is 23.2 Å². The van der Waals surface area contributed by atoms with Gasteiger partial charge >= 0.3 is 0 Å². The van der Waals surface area contributed by atoms with Gasteiger partial charge in [-0.1, -0.05) is 0 Å². The first kappa shape index (κ1) is 25.0. The molecule has 3 rings (SSSR count). The fraction of sp³-hybridized carbons (Fsp3) is 0.250. The van der Waals surface area contributed by atoms with Crippen LogP contribution in [-0.4, -0.2) is 54.3 Å². The van der Waals surface area contributed by atoms with Crippen LogP contribution in [0, 0.1) is 0 Å². The molecule has 0 aliphatic heterocycles. The monoisotopic (exact) mass is 454 g/mol. The van der Waals surface area contributed by atoms with Crippen LogP contribution in [0.4, 0.5) is 5.82 Å². The van der Waals surface area contributed by atoms with Crippen molar-refractivity contribution >= 4 is 59.3 Å². The van der Waals surface area contributed by atoms with Crippen LogP contribution in [0.1, 0.15) is 10.4 Å². The summed E-state index contributed by atoms with van der Waals surface area (Å²) in [6.07, 6.45) is 0. The molecule has 1 N–H and O–H groups in total. The molecule has 0 bridgehead atoms. The molecule has 9 heteroatoms. The molecule has 3 aromatic rings. The van der Waals surface area contributed by atoms with Gasteiger partial charge in [0.1, 0.15) is 11.6 Å². The van der Waals surface area contributed by atoms with Gasteiger partial charge in [-0.05, 0) is 62.6 Å². The van der Waals surface area contributed by atoms with E-state index in [9.17, 15) is 4.79 Å². The van der Waals surface area contributed by atoms with Crippen LogP contribution in [-0.2, 0) is 0 Å². The molecule has 0 saturated heterocycles. The number of methoxy groups -OCH3 is 1. The van der Waals surface area contributed by atoms with E-state index in [-0.39, 0.29) is 30.7 Å². The molecule has 6 nitrogen and oxygen atoms in total. The standard InChI is InChI=1S/C20H22N4O2S.2ClH/c1-24(2)12-13-27-18-11-7-14-6-10-17(21-19(14)23-18)22-20(25)15-4-8-16(26-3)9-5-15;;/h4-11H,12-13H2,1-3H3,(H,21,22,23,25);2*1H. The Kier molecular flexibility index (Phi) is 10.2. The van der Waals surface area contributed by atoms with Gasteiger partial charge in [-0.2, -0.15) is 0 Å². The highest BCUT2D eigenvalue weighted by Gasteiger charge is 2.09. The van der Waals surface area contributed by atoms with E-state index in [1.54, 1.807) is 49.2 Å². The first-order chi connectivity index (χ1) is 13.0. The molecule has 0 atom stereocenters. The number of anilines is 1. The maximum atomic E-state index is 12.4. The summed E-state index contributed by atoms with van der Waals surface area (Å²) < 4.78 is 5.11. The lowest BCUT2D eigenvalue weighted by Gasteiger charge is -2.09. The predicted molar refractivity (Wildman–Crippen MR) is 124 cm³/mol. The lowest BCUT2D eigenvalue weighted by atomic mass is 10.2. The fourth-order valence-corrected chi connectivity index (χ4v) is 3.38. The molecule has 0 aliphatic carbocycles. The number of carbonyl (C=O) groups excluding carboxylic acids is 1. The number of fused-ring (bicyclic) bond motifs is 1. The molecule has 29 heavy (non-hydrogen) atoms. The minimum Gasteiger partial charge on any atom is -0.497 e. The summed E-state index contributed by atoms with van der Waals surface area (Å²) in [6.45, 7) is 0.982. The fourth-order valence-electron chi connectivity index (χ4n) is 2.40. The summed E-state index contributed by atoms with van der Waals surface area (Å²) in [6, 6.07) is 14.6. The van der Waals surface area contributed by atoms with E-state index in [0.717, 1.165) is 22.7 Å². The number of pyridine rings is 2. The van der Waals surface area contributed by atoms with Crippen molar-refractivity contribution in [1.82, 2.24) is 14.9 Å². The number of nitrogens with zero attached hydrogens (tertiary/aromatic N) is 3. The third kappa shape index (κ3) is 7.04. The average molecular weight is 455 g/mol. The second-order valence-corrected chi connectivity index (χ2v) is 7.34. The Morgan fingerprint density at radius 2 is 1.72 bits per heavy atom. The van der Waals surface area contributed by atoms with Gasteiger partial charge in [0.25, 0.3) is 5.91 Å². The van der Waals surface area contributed by atoms with Gasteiger partial charge in [0.2, 0.25) is 0 Å².